The summed E-state index contributed by atoms with van der Waals surface area (Å²) in [4.78, 5) is 4.99. The van der Waals surface area contributed by atoms with Gasteiger partial charge in [0.2, 0.25) is 0 Å². The highest BCUT2D eigenvalue weighted by molar-refractivity contribution is 6.18. The zero-order valence-corrected chi connectivity index (χ0v) is 29.7. The molecule has 0 saturated carbocycles. The van der Waals surface area contributed by atoms with Gasteiger partial charge in [0.15, 0.2) is 0 Å². The summed E-state index contributed by atoms with van der Waals surface area (Å²) in [5.74, 6) is 0.700. The third kappa shape index (κ3) is 6.34. The zero-order valence-electron chi connectivity index (χ0n) is 29.7. The molecule has 0 aromatic heterocycles. The first-order chi connectivity index (χ1) is 23.8. The number of anilines is 5. The highest BCUT2D eigenvalue weighted by atomic mass is 15.2. The summed E-state index contributed by atoms with van der Waals surface area (Å²) in [6, 6.07) is 40.9. The van der Waals surface area contributed by atoms with E-state index in [2.05, 4.69) is 184 Å². The Morgan fingerprint density at radius 3 is 1.61 bits per heavy atom. The number of aryl methyl sites for hydroxylation is 3. The van der Waals surface area contributed by atoms with E-state index in [1.165, 1.54) is 73.6 Å². The molecule has 0 amide bonds. The van der Waals surface area contributed by atoms with Crippen LogP contribution in [0.2, 0.25) is 0 Å². The van der Waals surface area contributed by atoms with Crippen LogP contribution in [0.25, 0.3) is 33.7 Å². The van der Waals surface area contributed by atoms with Crippen molar-refractivity contribution in [2.75, 3.05) is 9.80 Å². The maximum atomic E-state index is 3.33. The molecular weight excluding hydrogens is 593 g/mol. The van der Waals surface area contributed by atoms with Gasteiger partial charge >= 0.3 is 0 Å². The molecule has 2 unspecified atom stereocenters. The molecule has 0 fully saturated rings. The third-order valence-corrected chi connectivity index (χ3v) is 10.3. The maximum absolute atomic E-state index is 3.33. The lowest BCUT2D eigenvalue weighted by atomic mass is 9.89. The Labute approximate surface area is 292 Å². The van der Waals surface area contributed by atoms with Gasteiger partial charge in [-0.3, -0.25) is 0 Å². The van der Waals surface area contributed by atoms with Crippen LogP contribution in [-0.4, -0.2) is 6.04 Å². The molecule has 6 aromatic carbocycles. The van der Waals surface area contributed by atoms with Crippen molar-refractivity contribution in [1.82, 2.24) is 0 Å². The first kappa shape index (κ1) is 32.3. The average molecular weight is 639 g/mol. The van der Waals surface area contributed by atoms with Crippen molar-refractivity contribution < 1.29 is 0 Å². The Hall–Kier alpha value is -5.26. The minimum Gasteiger partial charge on any atom is -0.338 e. The number of hydrogen-bond acceptors (Lipinski definition) is 2. The Morgan fingerprint density at radius 1 is 0.531 bits per heavy atom. The number of benzene rings is 6. The topological polar surface area (TPSA) is 6.48 Å². The quantitative estimate of drug-likeness (QED) is 0.109. The number of nitrogens with zero attached hydrogens (tertiary/aromatic N) is 2. The lowest BCUT2D eigenvalue weighted by Crippen LogP contribution is -2.29. The van der Waals surface area contributed by atoms with Gasteiger partial charge in [-0.15, -0.1) is 0 Å². The molecule has 1 aliphatic carbocycles. The molecular formula is C47H46N2. The van der Waals surface area contributed by atoms with Crippen molar-refractivity contribution in [2.45, 2.75) is 66.8 Å². The van der Waals surface area contributed by atoms with Crippen LogP contribution in [-0.2, 0) is 0 Å². The van der Waals surface area contributed by atoms with Gasteiger partial charge in [-0.05, 0) is 123 Å². The van der Waals surface area contributed by atoms with E-state index in [4.69, 9.17) is 0 Å². The Balaban J connectivity index is 1.50. The molecule has 0 saturated heterocycles. The van der Waals surface area contributed by atoms with Gasteiger partial charge in [0, 0.05) is 39.6 Å². The van der Waals surface area contributed by atoms with E-state index < -0.39 is 0 Å². The van der Waals surface area contributed by atoms with Crippen LogP contribution in [0.1, 0.15) is 67.9 Å². The predicted octanol–water partition coefficient (Wildman–Crippen LogP) is 13.5. The van der Waals surface area contributed by atoms with Crippen LogP contribution < -0.4 is 9.80 Å². The van der Waals surface area contributed by atoms with Crippen LogP contribution in [0.3, 0.4) is 0 Å². The molecule has 0 bridgehead atoms. The van der Waals surface area contributed by atoms with Gasteiger partial charge in [0.05, 0.1) is 11.4 Å². The van der Waals surface area contributed by atoms with Crippen molar-refractivity contribution in [3.05, 3.63) is 148 Å². The molecule has 0 N–H and O–H groups in total. The van der Waals surface area contributed by atoms with Gasteiger partial charge in [0.1, 0.15) is 0 Å². The van der Waals surface area contributed by atoms with E-state index >= 15 is 0 Å². The van der Waals surface area contributed by atoms with Crippen LogP contribution in [0, 0.1) is 26.7 Å². The molecule has 49 heavy (non-hydrogen) atoms. The van der Waals surface area contributed by atoms with E-state index in [1.807, 2.05) is 0 Å². The number of hydrogen-bond donors (Lipinski definition) is 0. The molecule has 0 radical (unpaired) electrons. The minimum absolute atomic E-state index is 0.311. The van der Waals surface area contributed by atoms with Crippen LogP contribution in [0.15, 0.2) is 121 Å². The van der Waals surface area contributed by atoms with E-state index in [-0.39, 0.29) is 0 Å². The van der Waals surface area contributed by atoms with Crippen molar-refractivity contribution in [1.29, 1.82) is 0 Å². The van der Waals surface area contributed by atoms with Crippen molar-refractivity contribution in [3.8, 4) is 0 Å². The first-order valence-corrected chi connectivity index (χ1v) is 17.8. The van der Waals surface area contributed by atoms with Crippen LogP contribution >= 0.6 is 0 Å². The number of rotatable bonds is 10. The van der Waals surface area contributed by atoms with Crippen molar-refractivity contribution >= 4 is 62.1 Å². The van der Waals surface area contributed by atoms with E-state index in [0.29, 0.717) is 12.0 Å². The molecule has 2 nitrogen and oxygen atoms in total. The minimum atomic E-state index is 0.311. The van der Waals surface area contributed by atoms with Gasteiger partial charge in [-0.2, -0.15) is 0 Å². The fraction of sp³-hybridized carbons (Fsp3) is 0.234. The molecule has 0 spiro atoms. The highest BCUT2D eigenvalue weighted by Gasteiger charge is 2.25. The molecule has 2 atom stereocenters. The Bertz CT molecular complexity index is 2180. The zero-order chi connectivity index (χ0) is 34.1. The summed E-state index contributed by atoms with van der Waals surface area (Å²) in [6.07, 6.45) is 7.80. The fourth-order valence-electron chi connectivity index (χ4n) is 7.18. The summed E-state index contributed by atoms with van der Waals surface area (Å²) in [5.41, 5.74) is 18.7. The van der Waals surface area contributed by atoms with E-state index in [9.17, 15) is 0 Å². The summed E-state index contributed by atoms with van der Waals surface area (Å²) < 4.78 is 0. The van der Waals surface area contributed by atoms with E-state index in [0.717, 1.165) is 23.5 Å². The average Bonchev–Trinajstić information content (AvgIpc) is 3.13. The van der Waals surface area contributed by atoms with Crippen LogP contribution in [0.5, 0.6) is 0 Å². The molecule has 0 heterocycles. The largest absolute Gasteiger partial charge is 0.338 e. The molecule has 1 aliphatic rings. The molecule has 7 rings (SSSR count). The van der Waals surface area contributed by atoms with Crippen LogP contribution in [0.4, 0.5) is 28.4 Å². The van der Waals surface area contributed by atoms with Gasteiger partial charge < -0.3 is 9.80 Å². The summed E-state index contributed by atoms with van der Waals surface area (Å²) in [7, 11) is 0. The summed E-state index contributed by atoms with van der Waals surface area (Å²) >= 11 is 0. The van der Waals surface area contributed by atoms with Gasteiger partial charge in [-0.25, -0.2) is 0 Å². The Kier molecular flexibility index (Phi) is 9.03. The summed E-state index contributed by atoms with van der Waals surface area (Å²) in [6.45, 7) is 13.5. The van der Waals surface area contributed by atoms with Gasteiger partial charge in [-0.1, -0.05) is 109 Å². The smallest absolute Gasteiger partial charge is 0.0546 e. The van der Waals surface area contributed by atoms with Gasteiger partial charge in [0.25, 0.3) is 0 Å². The van der Waals surface area contributed by atoms with E-state index in [1.54, 1.807) is 0 Å². The van der Waals surface area contributed by atoms with Crippen molar-refractivity contribution in [3.63, 3.8) is 0 Å². The normalized spacial score (nSPS) is 13.1. The van der Waals surface area contributed by atoms with Crippen molar-refractivity contribution in [2.24, 2.45) is 5.92 Å². The standard InChI is InChI=1S/C47H46N2/c1-7-32(2)16-23-36(6)48(37-24-17-33(3)18-25-37)46-30-44-41-13-9-11-15-43(41)47(31-45(44)40-12-8-10-14-42(40)46)49(38-26-19-34(4)20-27-38)39-28-21-35(5)22-29-39/h9,11-15,17-22,24-32,36H,7,16,23H2,1-6H3. The second-order valence-electron chi connectivity index (χ2n) is 14.0. The monoisotopic (exact) mass is 638 g/mol. The molecule has 244 valence electrons. The highest BCUT2D eigenvalue weighted by Crippen LogP contribution is 2.47. The third-order valence-electron chi connectivity index (χ3n) is 10.3. The summed E-state index contributed by atoms with van der Waals surface area (Å²) in [5, 5.41) is 4.93. The second kappa shape index (κ2) is 13.7. The SMILES string of the molecule is CCC(C)CCC(C)N(c1ccc(C)cc1)c1cc2c(cc(N(c3ccc(C)cc3)c3ccc(C)cc3)c3ccccc32)c2c1C=C=C=C2. The first-order valence-electron chi connectivity index (χ1n) is 17.8. The lowest BCUT2D eigenvalue weighted by Gasteiger charge is -2.35. The molecule has 2 heteroatoms. The second-order valence-corrected chi connectivity index (χ2v) is 14.0. The lowest BCUT2D eigenvalue weighted by molar-refractivity contribution is 0.466. The Morgan fingerprint density at radius 2 is 1.04 bits per heavy atom. The fourth-order valence-corrected chi connectivity index (χ4v) is 7.18. The predicted molar refractivity (Wildman–Crippen MR) is 213 cm³/mol. The molecule has 0 aliphatic heterocycles. The number of fused-ring (bicyclic) bond motifs is 5. The maximum Gasteiger partial charge on any atom is 0.0546 e. The molecule has 6 aromatic rings.